The fraction of sp³-hybridized carbons (Fsp3) is 0.333. The predicted molar refractivity (Wildman–Crippen MR) is 58.3 cm³/mol. The van der Waals surface area contributed by atoms with Crippen LogP contribution in [0.2, 0.25) is 0 Å². The number of fused-ring (bicyclic) bond motifs is 1. The van der Waals surface area contributed by atoms with Crippen LogP contribution < -0.4 is 0 Å². The highest BCUT2D eigenvalue weighted by atomic mass is 16.3. The molecule has 1 aromatic carbocycles. The van der Waals surface area contributed by atoms with Gasteiger partial charge in [-0.1, -0.05) is 25.1 Å². The Balaban J connectivity index is 2.67. The molecule has 0 amide bonds. The van der Waals surface area contributed by atoms with Crippen LogP contribution in [0.3, 0.4) is 0 Å². The molecule has 0 aliphatic heterocycles. The normalized spacial score (nSPS) is 13.4. The van der Waals surface area contributed by atoms with Gasteiger partial charge in [0, 0.05) is 22.2 Å². The van der Waals surface area contributed by atoms with E-state index in [0.717, 1.165) is 28.6 Å². The molecule has 1 aromatic heterocycles. The standard InChI is InChI=1S/C12H15NO/c1-3-11(14)12-8(2)13-10-7-5-4-6-9(10)12/h4-7,11,13-14H,3H2,1-2H3/t11-/m0/s1. The maximum Gasteiger partial charge on any atom is 0.0810 e. The van der Waals surface area contributed by atoms with Crippen molar-refractivity contribution in [3.05, 3.63) is 35.5 Å². The first-order valence-electron chi connectivity index (χ1n) is 4.99. The molecular weight excluding hydrogens is 174 g/mol. The molecule has 0 fully saturated rings. The second-order valence-corrected chi connectivity index (χ2v) is 3.63. The highest BCUT2D eigenvalue weighted by Gasteiger charge is 2.13. The fourth-order valence-electron chi connectivity index (χ4n) is 1.93. The Morgan fingerprint density at radius 1 is 1.36 bits per heavy atom. The second kappa shape index (κ2) is 3.46. The third-order valence-electron chi connectivity index (χ3n) is 2.66. The fourth-order valence-corrected chi connectivity index (χ4v) is 1.93. The molecule has 1 heterocycles. The number of aryl methyl sites for hydroxylation is 1. The van der Waals surface area contributed by atoms with Crippen LogP contribution in [0.25, 0.3) is 10.9 Å². The van der Waals surface area contributed by atoms with E-state index in [1.54, 1.807) is 0 Å². The number of para-hydroxylation sites is 1. The van der Waals surface area contributed by atoms with Gasteiger partial charge in [-0.25, -0.2) is 0 Å². The Bertz CT molecular complexity index is 445. The van der Waals surface area contributed by atoms with E-state index in [0.29, 0.717) is 0 Å². The van der Waals surface area contributed by atoms with Crippen molar-refractivity contribution < 1.29 is 5.11 Å². The number of aromatic nitrogens is 1. The first kappa shape index (κ1) is 9.28. The summed E-state index contributed by atoms with van der Waals surface area (Å²) in [6, 6.07) is 8.09. The molecule has 2 rings (SSSR count). The van der Waals surface area contributed by atoms with Gasteiger partial charge in [-0.05, 0) is 19.4 Å². The summed E-state index contributed by atoms with van der Waals surface area (Å²) in [6.45, 7) is 4.00. The predicted octanol–water partition coefficient (Wildman–Crippen LogP) is 2.92. The van der Waals surface area contributed by atoms with E-state index < -0.39 is 0 Å². The minimum absolute atomic E-state index is 0.355. The van der Waals surface area contributed by atoms with Crippen LogP contribution in [0.1, 0.15) is 30.7 Å². The van der Waals surface area contributed by atoms with Gasteiger partial charge < -0.3 is 10.1 Å². The van der Waals surface area contributed by atoms with Crippen LogP contribution in [-0.4, -0.2) is 10.1 Å². The van der Waals surface area contributed by atoms with Gasteiger partial charge in [-0.15, -0.1) is 0 Å². The monoisotopic (exact) mass is 189 g/mol. The number of aliphatic hydroxyl groups is 1. The van der Waals surface area contributed by atoms with Gasteiger partial charge in [0.05, 0.1) is 6.10 Å². The molecule has 0 bridgehead atoms. The smallest absolute Gasteiger partial charge is 0.0810 e. The lowest BCUT2D eigenvalue weighted by Crippen LogP contribution is -1.95. The van der Waals surface area contributed by atoms with Crippen molar-refractivity contribution in [2.45, 2.75) is 26.4 Å². The summed E-state index contributed by atoms with van der Waals surface area (Å²) in [7, 11) is 0. The number of rotatable bonds is 2. The van der Waals surface area contributed by atoms with Gasteiger partial charge in [0.2, 0.25) is 0 Å². The van der Waals surface area contributed by atoms with Crippen molar-refractivity contribution in [3.63, 3.8) is 0 Å². The SMILES string of the molecule is CC[C@H](O)c1c(C)[nH]c2ccccc12. The van der Waals surface area contributed by atoms with Crippen molar-refractivity contribution in [1.82, 2.24) is 4.98 Å². The molecule has 2 aromatic rings. The van der Waals surface area contributed by atoms with E-state index in [1.807, 2.05) is 38.1 Å². The lowest BCUT2D eigenvalue weighted by molar-refractivity contribution is 0.174. The summed E-state index contributed by atoms with van der Waals surface area (Å²) < 4.78 is 0. The number of aliphatic hydroxyl groups excluding tert-OH is 1. The maximum atomic E-state index is 9.88. The molecule has 0 spiro atoms. The molecule has 2 N–H and O–H groups in total. The summed E-state index contributed by atoms with van der Waals surface area (Å²) in [6.07, 6.45) is 0.397. The van der Waals surface area contributed by atoms with E-state index in [-0.39, 0.29) is 6.10 Å². The number of H-pyrrole nitrogens is 1. The highest BCUT2D eigenvalue weighted by Crippen LogP contribution is 2.28. The molecular formula is C12H15NO. The summed E-state index contributed by atoms with van der Waals surface area (Å²) in [5, 5.41) is 11.0. The zero-order valence-corrected chi connectivity index (χ0v) is 8.54. The van der Waals surface area contributed by atoms with E-state index in [2.05, 4.69) is 4.98 Å². The third kappa shape index (κ3) is 1.32. The quantitative estimate of drug-likeness (QED) is 0.748. The van der Waals surface area contributed by atoms with Crippen LogP contribution in [0.15, 0.2) is 24.3 Å². The molecule has 0 aliphatic carbocycles. The largest absolute Gasteiger partial charge is 0.388 e. The van der Waals surface area contributed by atoms with Gasteiger partial charge in [0.25, 0.3) is 0 Å². The number of hydrogen-bond acceptors (Lipinski definition) is 1. The van der Waals surface area contributed by atoms with E-state index in [9.17, 15) is 5.11 Å². The molecule has 0 aliphatic rings. The van der Waals surface area contributed by atoms with Crippen LogP contribution in [0.4, 0.5) is 0 Å². The molecule has 2 nitrogen and oxygen atoms in total. The third-order valence-corrected chi connectivity index (χ3v) is 2.66. The highest BCUT2D eigenvalue weighted by molar-refractivity contribution is 5.84. The second-order valence-electron chi connectivity index (χ2n) is 3.63. The molecule has 2 heteroatoms. The van der Waals surface area contributed by atoms with Crippen LogP contribution in [-0.2, 0) is 0 Å². The van der Waals surface area contributed by atoms with Crippen molar-refractivity contribution in [2.75, 3.05) is 0 Å². The molecule has 0 radical (unpaired) electrons. The number of benzene rings is 1. The average molecular weight is 189 g/mol. The van der Waals surface area contributed by atoms with Gasteiger partial charge in [-0.2, -0.15) is 0 Å². The molecule has 0 saturated carbocycles. The first-order chi connectivity index (χ1) is 6.74. The average Bonchev–Trinajstić information content (AvgIpc) is 2.53. The van der Waals surface area contributed by atoms with Crippen molar-refractivity contribution >= 4 is 10.9 Å². The number of hydrogen-bond donors (Lipinski definition) is 2. The van der Waals surface area contributed by atoms with E-state index in [4.69, 9.17) is 0 Å². The molecule has 14 heavy (non-hydrogen) atoms. The Kier molecular flexibility index (Phi) is 2.30. The van der Waals surface area contributed by atoms with Gasteiger partial charge in [0.15, 0.2) is 0 Å². The number of nitrogens with one attached hydrogen (secondary N) is 1. The van der Waals surface area contributed by atoms with Crippen LogP contribution >= 0.6 is 0 Å². The van der Waals surface area contributed by atoms with Crippen LogP contribution in [0.5, 0.6) is 0 Å². The minimum Gasteiger partial charge on any atom is -0.388 e. The lowest BCUT2D eigenvalue weighted by Gasteiger charge is -2.07. The van der Waals surface area contributed by atoms with Gasteiger partial charge >= 0.3 is 0 Å². The van der Waals surface area contributed by atoms with E-state index >= 15 is 0 Å². The Labute approximate surface area is 83.6 Å². The summed E-state index contributed by atoms with van der Waals surface area (Å²) >= 11 is 0. The zero-order chi connectivity index (χ0) is 10.1. The molecule has 0 saturated heterocycles. The Morgan fingerprint density at radius 2 is 2.07 bits per heavy atom. The molecule has 0 unspecified atom stereocenters. The van der Waals surface area contributed by atoms with Gasteiger partial charge in [-0.3, -0.25) is 0 Å². The van der Waals surface area contributed by atoms with Crippen LogP contribution in [0, 0.1) is 6.92 Å². The number of aromatic amines is 1. The zero-order valence-electron chi connectivity index (χ0n) is 8.54. The Morgan fingerprint density at radius 3 is 2.79 bits per heavy atom. The lowest BCUT2D eigenvalue weighted by atomic mass is 10.0. The Hall–Kier alpha value is -1.28. The van der Waals surface area contributed by atoms with E-state index in [1.165, 1.54) is 0 Å². The van der Waals surface area contributed by atoms with Gasteiger partial charge in [0.1, 0.15) is 0 Å². The topological polar surface area (TPSA) is 36.0 Å². The maximum absolute atomic E-state index is 9.88. The molecule has 1 atom stereocenters. The minimum atomic E-state index is -0.355. The first-order valence-corrected chi connectivity index (χ1v) is 4.99. The summed E-state index contributed by atoms with van der Waals surface area (Å²) in [4.78, 5) is 3.28. The van der Waals surface area contributed by atoms with Crippen molar-refractivity contribution in [1.29, 1.82) is 0 Å². The summed E-state index contributed by atoms with van der Waals surface area (Å²) in [5.41, 5.74) is 3.22. The van der Waals surface area contributed by atoms with Crippen molar-refractivity contribution in [2.24, 2.45) is 0 Å². The van der Waals surface area contributed by atoms with Crippen molar-refractivity contribution in [3.8, 4) is 0 Å². The summed E-state index contributed by atoms with van der Waals surface area (Å²) in [5.74, 6) is 0. The molecule has 74 valence electrons.